The van der Waals surface area contributed by atoms with E-state index in [2.05, 4.69) is 23.1 Å². The van der Waals surface area contributed by atoms with Gasteiger partial charge in [-0.1, -0.05) is 41.9 Å². The second-order valence-corrected chi connectivity index (χ2v) is 7.72. The molecule has 0 aliphatic carbocycles. The van der Waals surface area contributed by atoms with Crippen LogP contribution < -0.4 is 4.74 Å². The van der Waals surface area contributed by atoms with E-state index in [0.29, 0.717) is 13.2 Å². The van der Waals surface area contributed by atoms with Crippen molar-refractivity contribution in [3.63, 3.8) is 0 Å². The molecule has 0 bridgehead atoms. The van der Waals surface area contributed by atoms with Crippen molar-refractivity contribution in [3.8, 4) is 5.75 Å². The fourth-order valence-electron chi connectivity index (χ4n) is 3.34. The summed E-state index contributed by atoms with van der Waals surface area (Å²) in [5.41, 5.74) is 3.78. The Balaban J connectivity index is 1.33. The number of carbonyl (C=O) groups is 1. The van der Waals surface area contributed by atoms with Gasteiger partial charge >= 0.3 is 5.97 Å². The highest BCUT2D eigenvalue weighted by Crippen LogP contribution is 2.23. The molecule has 5 nitrogen and oxygen atoms in total. The summed E-state index contributed by atoms with van der Waals surface area (Å²) in [5.74, 6) is 0.0269. The first kappa shape index (κ1) is 22.3. The monoisotopic (exact) mass is 429 g/mol. The van der Waals surface area contributed by atoms with Crippen molar-refractivity contribution in [2.75, 3.05) is 39.5 Å². The predicted molar refractivity (Wildman–Crippen MR) is 119 cm³/mol. The summed E-state index contributed by atoms with van der Waals surface area (Å²) < 4.78 is 11.2. The van der Waals surface area contributed by atoms with Crippen LogP contribution in [0.5, 0.6) is 5.75 Å². The third-order valence-corrected chi connectivity index (χ3v) is 5.36. The highest BCUT2D eigenvalue weighted by molar-refractivity contribution is 6.30. The van der Waals surface area contributed by atoms with Crippen LogP contribution in [0.1, 0.15) is 24.0 Å². The number of ether oxygens (including phenoxy) is 2. The Morgan fingerprint density at radius 1 is 1.03 bits per heavy atom. The van der Waals surface area contributed by atoms with Crippen molar-refractivity contribution in [1.29, 1.82) is 0 Å². The molecule has 0 aromatic heterocycles. The molecule has 6 heteroatoms. The minimum atomic E-state index is -0.834. The summed E-state index contributed by atoms with van der Waals surface area (Å²) in [4.78, 5) is 12.8. The van der Waals surface area contributed by atoms with E-state index in [1.165, 1.54) is 11.1 Å². The third-order valence-electron chi connectivity index (χ3n) is 5.10. The Morgan fingerprint density at radius 2 is 1.80 bits per heavy atom. The fourth-order valence-corrected chi connectivity index (χ4v) is 3.46. The van der Waals surface area contributed by atoms with Gasteiger partial charge in [-0.3, -0.25) is 9.69 Å². The van der Waals surface area contributed by atoms with E-state index in [0.717, 1.165) is 48.8 Å². The molecule has 0 amide bonds. The van der Waals surface area contributed by atoms with Crippen molar-refractivity contribution >= 4 is 23.1 Å². The van der Waals surface area contributed by atoms with Crippen LogP contribution in [-0.4, -0.2) is 55.4 Å². The van der Waals surface area contributed by atoms with Gasteiger partial charge in [0.05, 0.1) is 19.6 Å². The van der Waals surface area contributed by atoms with Crippen LogP contribution >= 0.6 is 11.6 Å². The second-order valence-electron chi connectivity index (χ2n) is 7.29. The van der Waals surface area contributed by atoms with Gasteiger partial charge < -0.3 is 14.6 Å². The van der Waals surface area contributed by atoms with E-state index in [1.807, 2.05) is 36.4 Å². The summed E-state index contributed by atoms with van der Waals surface area (Å²) in [6.45, 7) is 4.28. The average Bonchev–Trinajstić information content (AvgIpc) is 2.75. The number of nitrogens with zero attached hydrogens (tertiary/aromatic N) is 1. The Bertz CT molecular complexity index is 833. The van der Waals surface area contributed by atoms with Gasteiger partial charge in [-0.15, -0.1) is 0 Å². The molecule has 0 saturated carbocycles. The Kier molecular flexibility index (Phi) is 8.75. The van der Waals surface area contributed by atoms with Crippen LogP contribution in [0.25, 0.3) is 5.57 Å². The first-order valence-corrected chi connectivity index (χ1v) is 10.7. The van der Waals surface area contributed by atoms with Gasteiger partial charge in [-0.2, -0.15) is 0 Å². The first-order chi connectivity index (χ1) is 14.6. The summed E-state index contributed by atoms with van der Waals surface area (Å²) in [6, 6.07) is 16.0. The number of carboxylic acid groups (broad SMARTS) is 1. The molecule has 1 aliphatic rings. The van der Waals surface area contributed by atoms with Gasteiger partial charge in [0, 0.05) is 24.7 Å². The Hall–Kier alpha value is -2.34. The molecule has 0 spiro atoms. The lowest BCUT2D eigenvalue weighted by molar-refractivity contribution is -0.138. The minimum absolute atomic E-state index is 0.0437. The summed E-state index contributed by atoms with van der Waals surface area (Å²) in [5, 5.41) is 9.35. The molecular formula is C24H28ClNO4. The van der Waals surface area contributed by atoms with Gasteiger partial charge in [0.15, 0.2) is 0 Å². The van der Waals surface area contributed by atoms with Crippen LogP contribution in [0, 0.1) is 0 Å². The number of aliphatic carboxylic acids is 1. The summed E-state index contributed by atoms with van der Waals surface area (Å²) >= 11 is 5.97. The zero-order valence-corrected chi connectivity index (χ0v) is 17.8. The van der Waals surface area contributed by atoms with Gasteiger partial charge in [0.25, 0.3) is 0 Å². The molecule has 0 saturated heterocycles. The molecule has 1 N–H and O–H groups in total. The van der Waals surface area contributed by atoms with Crippen molar-refractivity contribution in [3.05, 3.63) is 70.8 Å². The molecular weight excluding hydrogens is 402 g/mol. The lowest BCUT2D eigenvalue weighted by Gasteiger charge is -2.26. The number of rotatable bonds is 11. The van der Waals surface area contributed by atoms with Gasteiger partial charge in [0.1, 0.15) is 12.4 Å². The number of benzene rings is 2. The average molecular weight is 430 g/mol. The molecule has 2 aromatic carbocycles. The molecule has 1 aliphatic heterocycles. The topological polar surface area (TPSA) is 59.0 Å². The minimum Gasteiger partial charge on any atom is -0.492 e. The zero-order valence-electron chi connectivity index (χ0n) is 17.1. The number of carboxylic acids is 1. The van der Waals surface area contributed by atoms with Crippen LogP contribution in [0.4, 0.5) is 0 Å². The molecule has 30 heavy (non-hydrogen) atoms. The van der Waals surface area contributed by atoms with E-state index >= 15 is 0 Å². The van der Waals surface area contributed by atoms with E-state index in [1.54, 1.807) is 0 Å². The second kappa shape index (κ2) is 11.7. The van der Waals surface area contributed by atoms with E-state index in [-0.39, 0.29) is 13.0 Å². The Morgan fingerprint density at radius 3 is 2.47 bits per heavy atom. The van der Waals surface area contributed by atoms with Gasteiger partial charge in [0.2, 0.25) is 0 Å². The molecule has 0 unspecified atom stereocenters. The number of halogens is 1. The van der Waals surface area contributed by atoms with Crippen molar-refractivity contribution in [2.45, 2.75) is 19.3 Å². The van der Waals surface area contributed by atoms with E-state index in [4.69, 9.17) is 26.2 Å². The van der Waals surface area contributed by atoms with Crippen LogP contribution in [0.3, 0.4) is 0 Å². The number of hydrogen-bond acceptors (Lipinski definition) is 4. The molecule has 1 heterocycles. The first-order valence-electron chi connectivity index (χ1n) is 10.3. The lowest BCUT2D eigenvalue weighted by atomic mass is 10.00. The molecule has 0 atom stereocenters. The van der Waals surface area contributed by atoms with E-state index < -0.39 is 5.97 Å². The van der Waals surface area contributed by atoms with Gasteiger partial charge in [-0.25, -0.2) is 0 Å². The standard InChI is InChI=1S/C24H28ClNO4/c25-22-5-3-20(4-6-22)21-9-13-26(14-10-21)15-18-30-23-7-1-19(2-8-23)11-16-29-17-12-24(27)28/h1-9H,10-18H2,(H,27,28). The SMILES string of the molecule is O=C(O)CCOCCc1ccc(OCCN2CC=C(c3ccc(Cl)cc3)CC2)cc1. The van der Waals surface area contributed by atoms with Crippen molar-refractivity contribution < 1.29 is 19.4 Å². The largest absolute Gasteiger partial charge is 0.492 e. The Labute approximate surface area is 182 Å². The lowest BCUT2D eigenvalue weighted by Crippen LogP contribution is -2.32. The maximum atomic E-state index is 10.4. The summed E-state index contributed by atoms with van der Waals surface area (Å²) in [7, 11) is 0. The van der Waals surface area contributed by atoms with Crippen LogP contribution in [-0.2, 0) is 16.0 Å². The number of hydrogen-bond donors (Lipinski definition) is 1. The predicted octanol–water partition coefficient (Wildman–Crippen LogP) is 4.54. The molecule has 2 aromatic rings. The summed E-state index contributed by atoms with van der Waals surface area (Å²) in [6.07, 6.45) is 4.13. The fraction of sp³-hybridized carbons (Fsp3) is 0.375. The van der Waals surface area contributed by atoms with Crippen LogP contribution in [0.15, 0.2) is 54.6 Å². The molecule has 3 rings (SSSR count). The van der Waals surface area contributed by atoms with Crippen LogP contribution in [0.2, 0.25) is 5.02 Å². The molecule has 0 fully saturated rings. The molecule has 160 valence electrons. The zero-order chi connectivity index (χ0) is 21.2. The van der Waals surface area contributed by atoms with Crippen molar-refractivity contribution in [2.24, 2.45) is 0 Å². The maximum Gasteiger partial charge on any atom is 0.305 e. The van der Waals surface area contributed by atoms with Gasteiger partial charge in [-0.05, 0) is 53.8 Å². The highest BCUT2D eigenvalue weighted by Gasteiger charge is 2.13. The molecule has 0 radical (unpaired) electrons. The van der Waals surface area contributed by atoms with E-state index in [9.17, 15) is 4.79 Å². The van der Waals surface area contributed by atoms with Crippen molar-refractivity contribution in [1.82, 2.24) is 4.90 Å². The highest BCUT2D eigenvalue weighted by atomic mass is 35.5. The maximum absolute atomic E-state index is 10.4. The normalized spacial score (nSPS) is 14.4. The quantitative estimate of drug-likeness (QED) is 0.531. The smallest absolute Gasteiger partial charge is 0.305 e. The third kappa shape index (κ3) is 7.48.